The Hall–Kier alpha value is -4.66. The summed E-state index contributed by atoms with van der Waals surface area (Å²) in [7, 11) is 0. The van der Waals surface area contributed by atoms with E-state index >= 15 is 0 Å². The van der Waals surface area contributed by atoms with Crippen LogP contribution in [0, 0.1) is 17.0 Å². The molecule has 0 saturated carbocycles. The number of nitrogens with one attached hydrogen (secondary N) is 1. The largest absolute Gasteiger partial charge is 0.490 e. The second kappa shape index (κ2) is 10.5. The molecule has 1 amide bonds. The van der Waals surface area contributed by atoms with Crippen LogP contribution in [-0.4, -0.2) is 23.7 Å². The molecule has 0 aliphatic rings. The molecule has 0 aliphatic carbocycles. The fourth-order valence-corrected chi connectivity index (χ4v) is 3.31. The Morgan fingerprint density at radius 3 is 2.60 bits per heavy atom. The van der Waals surface area contributed by atoms with E-state index in [1.165, 1.54) is 36.0 Å². The van der Waals surface area contributed by atoms with Gasteiger partial charge in [0.25, 0.3) is 5.69 Å². The van der Waals surface area contributed by atoms with E-state index in [1.54, 1.807) is 18.2 Å². The second-order valence-corrected chi connectivity index (χ2v) is 7.70. The number of carbonyl (C=O) groups is 1. The lowest BCUT2D eigenvalue weighted by Crippen LogP contribution is -2.16. The highest BCUT2D eigenvalue weighted by Gasteiger charge is 2.14. The molecule has 0 saturated heterocycles. The van der Waals surface area contributed by atoms with Gasteiger partial charge in [0.05, 0.1) is 17.7 Å². The van der Waals surface area contributed by atoms with Crippen molar-refractivity contribution in [2.45, 2.75) is 20.5 Å². The van der Waals surface area contributed by atoms with Crippen molar-refractivity contribution in [3.8, 4) is 11.5 Å². The smallest absolute Gasteiger partial charge is 0.307 e. The van der Waals surface area contributed by atoms with Crippen molar-refractivity contribution >= 4 is 28.8 Å². The first-order chi connectivity index (χ1) is 16.9. The number of nitro groups is 1. The van der Waals surface area contributed by atoms with Gasteiger partial charge in [0.1, 0.15) is 12.2 Å². The van der Waals surface area contributed by atoms with Crippen molar-refractivity contribution in [3.05, 3.63) is 99.3 Å². The van der Waals surface area contributed by atoms with Gasteiger partial charge in [-0.1, -0.05) is 29.8 Å². The average molecular weight is 473 g/mol. The molecule has 9 nitrogen and oxygen atoms in total. The maximum atomic E-state index is 12.4. The second-order valence-electron chi connectivity index (χ2n) is 7.70. The number of furan rings is 1. The number of rotatable bonds is 9. The molecule has 0 bridgehead atoms. The molecule has 0 fully saturated rings. The Morgan fingerprint density at radius 2 is 1.86 bits per heavy atom. The number of hydrogen-bond acceptors (Lipinski definition) is 7. The zero-order chi connectivity index (χ0) is 24.8. The summed E-state index contributed by atoms with van der Waals surface area (Å²) in [6, 6.07) is 19.0. The van der Waals surface area contributed by atoms with Gasteiger partial charge >= 0.3 is 5.91 Å². The molecule has 1 N–H and O–H groups in total. The Balaban J connectivity index is 1.41. The maximum absolute atomic E-state index is 12.4. The molecule has 1 aromatic heterocycles. The number of aryl methyl sites for hydroxylation is 1. The SMILES string of the molecule is CCOc1cc(/C=N/NC(=O)c2cc3cc([N+](=O)[O-])ccc3o2)ccc1OCc1ccc(C)cc1. The molecule has 4 aromatic rings. The number of carbonyl (C=O) groups excluding carboxylic acids is 1. The highest BCUT2D eigenvalue weighted by atomic mass is 16.6. The Labute approximate surface area is 201 Å². The first-order valence-electron chi connectivity index (χ1n) is 10.9. The zero-order valence-corrected chi connectivity index (χ0v) is 19.2. The van der Waals surface area contributed by atoms with Gasteiger partial charge in [0.2, 0.25) is 0 Å². The van der Waals surface area contributed by atoms with Crippen molar-refractivity contribution in [2.75, 3.05) is 6.61 Å². The first kappa shape index (κ1) is 23.5. The number of hydrogen-bond donors (Lipinski definition) is 1. The van der Waals surface area contributed by atoms with Crippen LogP contribution in [0.3, 0.4) is 0 Å². The molecule has 0 radical (unpaired) electrons. The van der Waals surface area contributed by atoms with E-state index in [4.69, 9.17) is 13.9 Å². The van der Waals surface area contributed by atoms with Crippen molar-refractivity contribution in [3.63, 3.8) is 0 Å². The van der Waals surface area contributed by atoms with Crippen LogP contribution in [0.4, 0.5) is 5.69 Å². The minimum Gasteiger partial charge on any atom is -0.490 e. The summed E-state index contributed by atoms with van der Waals surface area (Å²) in [4.78, 5) is 22.8. The van der Waals surface area contributed by atoms with Gasteiger partial charge in [-0.05, 0) is 55.3 Å². The van der Waals surface area contributed by atoms with E-state index in [2.05, 4.69) is 10.5 Å². The molecule has 3 aromatic carbocycles. The molecule has 35 heavy (non-hydrogen) atoms. The molecular formula is C26H23N3O6. The highest BCUT2D eigenvalue weighted by Crippen LogP contribution is 2.29. The number of fused-ring (bicyclic) bond motifs is 1. The summed E-state index contributed by atoms with van der Waals surface area (Å²) in [6.45, 7) is 4.78. The molecular weight excluding hydrogens is 450 g/mol. The average Bonchev–Trinajstić information content (AvgIpc) is 3.28. The molecule has 0 aliphatic heterocycles. The number of amides is 1. The van der Waals surface area contributed by atoms with E-state index in [1.807, 2.05) is 38.1 Å². The van der Waals surface area contributed by atoms with Crippen LogP contribution in [0.5, 0.6) is 11.5 Å². The van der Waals surface area contributed by atoms with Gasteiger partial charge in [0.15, 0.2) is 17.3 Å². The number of benzene rings is 3. The molecule has 9 heteroatoms. The topological polar surface area (TPSA) is 116 Å². The van der Waals surface area contributed by atoms with Gasteiger partial charge in [-0.15, -0.1) is 0 Å². The number of hydrazone groups is 1. The minimum atomic E-state index is -0.580. The zero-order valence-electron chi connectivity index (χ0n) is 19.2. The van der Waals surface area contributed by atoms with Gasteiger partial charge in [-0.25, -0.2) is 5.43 Å². The number of ether oxygens (including phenoxy) is 2. The van der Waals surface area contributed by atoms with Gasteiger partial charge in [-0.2, -0.15) is 5.10 Å². The lowest BCUT2D eigenvalue weighted by atomic mass is 10.2. The summed E-state index contributed by atoms with van der Waals surface area (Å²) >= 11 is 0. The van der Waals surface area contributed by atoms with Crippen LogP contribution in [0.1, 0.15) is 34.2 Å². The van der Waals surface area contributed by atoms with Crippen molar-refractivity contribution in [2.24, 2.45) is 5.10 Å². The summed E-state index contributed by atoms with van der Waals surface area (Å²) in [5, 5.41) is 15.4. The number of nitrogens with zero attached hydrogens (tertiary/aromatic N) is 2. The summed E-state index contributed by atoms with van der Waals surface area (Å²) in [5.74, 6) is 0.578. The quantitative estimate of drug-likeness (QED) is 0.198. The van der Waals surface area contributed by atoms with E-state index in [-0.39, 0.29) is 11.4 Å². The maximum Gasteiger partial charge on any atom is 0.307 e. The van der Waals surface area contributed by atoms with Crippen LogP contribution < -0.4 is 14.9 Å². The summed E-state index contributed by atoms with van der Waals surface area (Å²) < 4.78 is 17.1. The van der Waals surface area contributed by atoms with Crippen LogP contribution >= 0.6 is 0 Å². The van der Waals surface area contributed by atoms with E-state index in [9.17, 15) is 14.9 Å². The predicted octanol–water partition coefficient (Wildman–Crippen LogP) is 5.39. The predicted molar refractivity (Wildman–Crippen MR) is 131 cm³/mol. The van der Waals surface area contributed by atoms with Gasteiger partial charge in [0, 0.05) is 17.5 Å². The van der Waals surface area contributed by atoms with Crippen LogP contribution in [-0.2, 0) is 6.61 Å². The van der Waals surface area contributed by atoms with Crippen LogP contribution in [0.2, 0.25) is 0 Å². The minimum absolute atomic E-state index is 0.00694. The number of non-ortho nitro benzene ring substituents is 1. The van der Waals surface area contributed by atoms with Crippen LogP contribution in [0.15, 0.2) is 76.2 Å². The molecule has 178 valence electrons. The third kappa shape index (κ3) is 5.83. The van der Waals surface area contributed by atoms with Gasteiger partial charge in [-0.3, -0.25) is 14.9 Å². The van der Waals surface area contributed by atoms with E-state index in [0.717, 1.165) is 5.56 Å². The monoisotopic (exact) mass is 473 g/mol. The third-order valence-corrected chi connectivity index (χ3v) is 5.10. The lowest BCUT2D eigenvalue weighted by molar-refractivity contribution is -0.384. The number of nitro benzene ring substituents is 1. The Bertz CT molecular complexity index is 1390. The molecule has 1 heterocycles. The van der Waals surface area contributed by atoms with E-state index in [0.29, 0.717) is 41.2 Å². The van der Waals surface area contributed by atoms with Crippen molar-refractivity contribution < 1.29 is 23.6 Å². The molecule has 0 atom stereocenters. The van der Waals surface area contributed by atoms with Crippen LogP contribution in [0.25, 0.3) is 11.0 Å². The standard InChI is InChI=1S/C26H23N3O6/c1-3-33-24-12-19(8-10-23(24)34-16-18-6-4-17(2)5-7-18)15-27-28-26(30)25-14-20-13-21(29(31)32)9-11-22(20)35-25/h4-15H,3,16H2,1-2H3,(H,28,30)/b27-15+. The van der Waals surface area contributed by atoms with Crippen molar-refractivity contribution in [1.82, 2.24) is 5.43 Å². The Kier molecular flexibility index (Phi) is 7.06. The molecule has 0 unspecified atom stereocenters. The summed E-state index contributed by atoms with van der Waals surface area (Å²) in [6.07, 6.45) is 1.47. The molecule has 4 rings (SSSR count). The summed E-state index contributed by atoms with van der Waals surface area (Å²) in [5.41, 5.74) is 5.60. The molecule has 0 spiro atoms. The first-order valence-corrected chi connectivity index (χ1v) is 10.9. The fourth-order valence-electron chi connectivity index (χ4n) is 3.31. The van der Waals surface area contributed by atoms with Gasteiger partial charge < -0.3 is 13.9 Å². The van der Waals surface area contributed by atoms with E-state index < -0.39 is 10.8 Å². The highest BCUT2D eigenvalue weighted by molar-refractivity contribution is 5.97. The normalized spacial score (nSPS) is 11.0. The lowest BCUT2D eigenvalue weighted by Gasteiger charge is -2.12. The Morgan fingerprint density at radius 1 is 1.06 bits per heavy atom. The van der Waals surface area contributed by atoms with Crippen molar-refractivity contribution in [1.29, 1.82) is 0 Å². The third-order valence-electron chi connectivity index (χ3n) is 5.10. The fraction of sp³-hybridized carbons (Fsp3) is 0.154.